The molecule has 3 nitrogen and oxygen atoms in total. The molecule has 0 spiro atoms. The molecule has 0 aliphatic carbocycles. The van der Waals surface area contributed by atoms with Gasteiger partial charge in [0.05, 0.1) is 6.54 Å². The number of alkyl halides is 2. The minimum absolute atomic E-state index is 0.352. The van der Waals surface area contributed by atoms with Crippen LogP contribution in [-0.2, 0) is 4.79 Å². The van der Waals surface area contributed by atoms with Crippen LogP contribution >= 0.6 is 0 Å². The number of carboxylic acids is 1. The summed E-state index contributed by atoms with van der Waals surface area (Å²) in [5.74, 6) is -3.37. The zero-order chi connectivity index (χ0) is 11.0. The standard InChI is InChI=1S/C9H13F2NO2/c1-2-3-4-5-6-12-7-9(10,11)8(13)14/h1,12H,3-7H2,(H,13,14). The number of rotatable bonds is 7. The molecule has 80 valence electrons. The lowest BCUT2D eigenvalue weighted by Gasteiger charge is -2.11. The highest BCUT2D eigenvalue weighted by atomic mass is 19.3. The fraction of sp³-hybridized carbons (Fsp3) is 0.667. The van der Waals surface area contributed by atoms with Crippen molar-refractivity contribution < 1.29 is 18.7 Å². The first-order valence-electron chi connectivity index (χ1n) is 4.26. The first-order valence-corrected chi connectivity index (χ1v) is 4.26. The van der Waals surface area contributed by atoms with E-state index >= 15 is 0 Å². The summed E-state index contributed by atoms with van der Waals surface area (Å²) in [6, 6.07) is 0. The minimum Gasteiger partial charge on any atom is -0.477 e. The van der Waals surface area contributed by atoms with Crippen molar-refractivity contribution in [2.75, 3.05) is 13.1 Å². The van der Waals surface area contributed by atoms with E-state index in [4.69, 9.17) is 11.5 Å². The smallest absolute Gasteiger partial charge is 0.375 e. The van der Waals surface area contributed by atoms with Crippen LogP contribution in [0.25, 0.3) is 0 Å². The van der Waals surface area contributed by atoms with Crippen LogP contribution in [0.2, 0.25) is 0 Å². The lowest BCUT2D eigenvalue weighted by molar-refractivity contribution is -0.163. The topological polar surface area (TPSA) is 49.3 Å². The Bertz CT molecular complexity index is 223. The average Bonchev–Trinajstić information content (AvgIpc) is 2.10. The van der Waals surface area contributed by atoms with Gasteiger partial charge in [-0.3, -0.25) is 0 Å². The van der Waals surface area contributed by atoms with Gasteiger partial charge in [0.25, 0.3) is 0 Å². The molecule has 0 aromatic rings. The maximum atomic E-state index is 12.4. The Kier molecular flexibility index (Phi) is 5.81. The third-order valence-corrected chi connectivity index (χ3v) is 1.58. The van der Waals surface area contributed by atoms with E-state index in [0.717, 1.165) is 6.42 Å². The highest BCUT2D eigenvalue weighted by Gasteiger charge is 2.37. The quantitative estimate of drug-likeness (QED) is 0.483. The summed E-state index contributed by atoms with van der Waals surface area (Å²) >= 11 is 0. The van der Waals surface area contributed by atoms with Crippen molar-refractivity contribution in [3.8, 4) is 12.3 Å². The molecule has 5 heteroatoms. The van der Waals surface area contributed by atoms with E-state index < -0.39 is 18.4 Å². The molecule has 2 N–H and O–H groups in total. The summed E-state index contributed by atoms with van der Waals surface area (Å²) in [6.07, 6.45) is 7.01. The maximum absolute atomic E-state index is 12.4. The second-order valence-corrected chi connectivity index (χ2v) is 2.85. The van der Waals surface area contributed by atoms with Crippen molar-refractivity contribution in [3.05, 3.63) is 0 Å². The Morgan fingerprint density at radius 1 is 1.50 bits per heavy atom. The summed E-state index contributed by atoms with van der Waals surface area (Å²) < 4.78 is 24.9. The molecule has 14 heavy (non-hydrogen) atoms. The van der Waals surface area contributed by atoms with Crippen molar-refractivity contribution in [2.45, 2.75) is 25.2 Å². The second kappa shape index (κ2) is 6.33. The third-order valence-electron chi connectivity index (χ3n) is 1.58. The molecule has 0 aliphatic rings. The van der Waals surface area contributed by atoms with Gasteiger partial charge in [-0.1, -0.05) is 0 Å². The van der Waals surface area contributed by atoms with Gasteiger partial charge in [0, 0.05) is 6.42 Å². The Morgan fingerprint density at radius 2 is 2.14 bits per heavy atom. The molecule has 0 aromatic heterocycles. The first-order chi connectivity index (χ1) is 6.50. The molecular formula is C9H13F2NO2. The Labute approximate surface area is 81.5 Å². The molecule has 0 rings (SSSR count). The van der Waals surface area contributed by atoms with Crippen LogP contribution in [-0.4, -0.2) is 30.1 Å². The van der Waals surface area contributed by atoms with Crippen LogP contribution in [0.15, 0.2) is 0 Å². The summed E-state index contributed by atoms with van der Waals surface area (Å²) in [5, 5.41) is 10.4. The van der Waals surface area contributed by atoms with E-state index in [2.05, 4.69) is 11.2 Å². The van der Waals surface area contributed by atoms with Gasteiger partial charge in [-0.05, 0) is 19.4 Å². The first kappa shape index (κ1) is 12.8. The predicted octanol–water partition coefficient (Wildman–Crippen LogP) is 1.10. The number of aliphatic carboxylic acids is 1. The number of terminal acetylenes is 1. The molecule has 0 aliphatic heterocycles. The molecule has 0 saturated carbocycles. The number of halogens is 2. The molecule has 0 radical (unpaired) electrons. The second-order valence-electron chi connectivity index (χ2n) is 2.85. The molecule has 0 heterocycles. The molecular weight excluding hydrogens is 192 g/mol. The molecule has 0 unspecified atom stereocenters. The molecule has 0 amide bonds. The van der Waals surface area contributed by atoms with Crippen LogP contribution in [0.5, 0.6) is 0 Å². The zero-order valence-electron chi connectivity index (χ0n) is 7.72. The Hall–Kier alpha value is -1.15. The van der Waals surface area contributed by atoms with Crippen LogP contribution in [0.3, 0.4) is 0 Å². The predicted molar refractivity (Wildman–Crippen MR) is 48.1 cm³/mol. The highest BCUT2D eigenvalue weighted by molar-refractivity contribution is 5.75. The van der Waals surface area contributed by atoms with Gasteiger partial charge in [-0.15, -0.1) is 12.3 Å². The summed E-state index contributed by atoms with van der Waals surface area (Å²) in [5.41, 5.74) is 0. The van der Waals surface area contributed by atoms with Gasteiger partial charge >= 0.3 is 11.9 Å². The van der Waals surface area contributed by atoms with Gasteiger partial charge < -0.3 is 10.4 Å². The fourth-order valence-corrected chi connectivity index (χ4v) is 0.798. The summed E-state index contributed by atoms with van der Waals surface area (Å²) in [4.78, 5) is 9.97. The van der Waals surface area contributed by atoms with Crippen LogP contribution in [0.1, 0.15) is 19.3 Å². The number of hydrogen-bond donors (Lipinski definition) is 2. The van der Waals surface area contributed by atoms with E-state index in [1.165, 1.54) is 0 Å². The van der Waals surface area contributed by atoms with E-state index in [9.17, 15) is 13.6 Å². The van der Waals surface area contributed by atoms with Crippen molar-refractivity contribution in [3.63, 3.8) is 0 Å². The van der Waals surface area contributed by atoms with E-state index in [-0.39, 0.29) is 0 Å². The van der Waals surface area contributed by atoms with E-state index in [1.54, 1.807) is 0 Å². The molecule has 0 bridgehead atoms. The minimum atomic E-state index is -3.69. The normalized spacial score (nSPS) is 10.9. The SMILES string of the molecule is C#CCCCCNCC(F)(F)C(=O)O. The largest absolute Gasteiger partial charge is 0.477 e. The van der Waals surface area contributed by atoms with Crippen LogP contribution in [0.4, 0.5) is 8.78 Å². The van der Waals surface area contributed by atoms with E-state index in [0.29, 0.717) is 19.4 Å². The van der Waals surface area contributed by atoms with E-state index in [1.807, 2.05) is 0 Å². The number of unbranched alkanes of at least 4 members (excludes halogenated alkanes) is 2. The number of nitrogens with one attached hydrogen (secondary N) is 1. The highest BCUT2D eigenvalue weighted by Crippen LogP contribution is 2.11. The van der Waals surface area contributed by atoms with Crippen molar-refractivity contribution in [2.24, 2.45) is 0 Å². The summed E-state index contributed by atoms with van der Waals surface area (Å²) in [7, 11) is 0. The van der Waals surface area contributed by atoms with Crippen molar-refractivity contribution >= 4 is 5.97 Å². The molecule has 0 aromatic carbocycles. The number of carbonyl (C=O) groups is 1. The van der Waals surface area contributed by atoms with Gasteiger partial charge in [-0.2, -0.15) is 8.78 Å². The van der Waals surface area contributed by atoms with Gasteiger partial charge in [-0.25, -0.2) is 4.79 Å². The monoisotopic (exact) mass is 205 g/mol. The Morgan fingerprint density at radius 3 is 2.64 bits per heavy atom. The fourth-order valence-electron chi connectivity index (χ4n) is 0.798. The maximum Gasteiger partial charge on any atom is 0.375 e. The van der Waals surface area contributed by atoms with Crippen LogP contribution < -0.4 is 5.32 Å². The van der Waals surface area contributed by atoms with Gasteiger partial charge in [0.1, 0.15) is 0 Å². The van der Waals surface area contributed by atoms with Crippen molar-refractivity contribution in [1.29, 1.82) is 0 Å². The Balaban J connectivity index is 3.46. The lowest BCUT2D eigenvalue weighted by Crippen LogP contribution is -2.40. The molecule has 0 fully saturated rings. The summed E-state index contributed by atoms with van der Waals surface area (Å²) in [6.45, 7) is -0.483. The van der Waals surface area contributed by atoms with Gasteiger partial charge in [0.15, 0.2) is 0 Å². The number of carboxylic acid groups (broad SMARTS) is 1. The number of hydrogen-bond acceptors (Lipinski definition) is 2. The molecule has 0 saturated heterocycles. The molecule has 0 atom stereocenters. The average molecular weight is 205 g/mol. The van der Waals surface area contributed by atoms with Crippen LogP contribution in [0, 0.1) is 12.3 Å². The lowest BCUT2D eigenvalue weighted by atomic mass is 10.2. The third kappa shape index (κ3) is 5.49. The van der Waals surface area contributed by atoms with Gasteiger partial charge in [0.2, 0.25) is 0 Å². The zero-order valence-corrected chi connectivity index (χ0v) is 7.72. The van der Waals surface area contributed by atoms with Crippen molar-refractivity contribution in [1.82, 2.24) is 5.32 Å².